The SMILES string of the molecule is CC(=CCC(O)COCC1CO1)C(=O)O. The summed E-state index contributed by atoms with van der Waals surface area (Å²) >= 11 is 0. The van der Waals surface area contributed by atoms with Crippen LogP contribution in [0.25, 0.3) is 0 Å². The van der Waals surface area contributed by atoms with E-state index < -0.39 is 12.1 Å². The number of carboxylic acids is 1. The number of carboxylic acid groups (broad SMARTS) is 1. The Morgan fingerprint density at radius 1 is 1.73 bits per heavy atom. The predicted octanol–water partition coefficient (Wildman–Crippen LogP) is 0.184. The van der Waals surface area contributed by atoms with Crippen LogP contribution in [0.3, 0.4) is 0 Å². The number of hydrogen-bond donors (Lipinski definition) is 2. The van der Waals surface area contributed by atoms with E-state index in [2.05, 4.69) is 0 Å². The van der Waals surface area contributed by atoms with E-state index in [9.17, 15) is 9.90 Å². The quantitative estimate of drug-likeness (QED) is 0.469. The largest absolute Gasteiger partial charge is 0.478 e. The van der Waals surface area contributed by atoms with Crippen LogP contribution in [-0.4, -0.2) is 48.2 Å². The van der Waals surface area contributed by atoms with Crippen LogP contribution in [0.1, 0.15) is 13.3 Å². The lowest BCUT2D eigenvalue weighted by Gasteiger charge is -2.08. The molecule has 0 amide bonds. The minimum absolute atomic E-state index is 0.188. The molecule has 0 saturated carbocycles. The smallest absolute Gasteiger partial charge is 0.330 e. The van der Waals surface area contributed by atoms with Crippen molar-refractivity contribution >= 4 is 5.97 Å². The van der Waals surface area contributed by atoms with Gasteiger partial charge in [-0.15, -0.1) is 0 Å². The van der Waals surface area contributed by atoms with Crippen molar-refractivity contribution in [2.24, 2.45) is 0 Å². The summed E-state index contributed by atoms with van der Waals surface area (Å²) in [7, 11) is 0. The van der Waals surface area contributed by atoms with E-state index >= 15 is 0 Å². The third kappa shape index (κ3) is 5.51. The molecule has 1 fully saturated rings. The first-order chi connectivity index (χ1) is 7.09. The molecule has 1 rings (SSSR count). The molecule has 5 nitrogen and oxygen atoms in total. The molecule has 0 aromatic rings. The maximum absolute atomic E-state index is 10.4. The van der Waals surface area contributed by atoms with E-state index in [-0.39, 0.29) is 18.3 Å². The van der Waals surface area contributed by atoms with Crippen molar-refractivity contribution in [2.45, 2.75) is 25.6 Å². The van der Waals surface area contributed by atoms with Crippen molar-refractivity contribution in [2.75, 3.05) is 19.8 Å². The van der Waals surface area contributed by atoms with Gasteiger partial charge in [0.15, 0.2) is 0 Å². The van der Waals surface area contributed by atoms with Crippen LogP contribution < -0.4 is 0 Å². The molecule has 2 unspecified atom stereocenters. The third-order valence-electron chi connectivity index (χ3n) is 2.05. The Kier molecular flexibility index (Phi) is 4.74. The summed E-state index contributed by atoms with van der Waals surface area (Å²) in [6.45, 7) is 2.93. The van der Waals surface area contributed by atoms with Gasteiger partial charge in [-0.25, -0.2) is 4.79 Å². The zero-order valence-corrected chi connectivity index (χ0v) is 8.68. The van der Waals surface area contributed by atoms with Crippen molar-refractivity contribution in [1.29, 1.82) is 0 Å². The molecule has 15 heavy (non-hydrogen) atoms. The summed E-state index contributed by atoms with van der Waals surface area (Å²) in [5.41, 5.74) is 0.236. The average molecular weight is 216 g/mol. The Balaban J connectivity index is 2.08. The number of carbonyl (C=O) groups is 1. The lowest BCUT2D eigenvalue weighted by Crippen LogP contribution is -2.16. The van der Waals surface area contributed by atoms with Crippen LogP contribution in [0.2, 0.25) is 0 Å². The number of aliphatic hydroxyl groups excluding tert-OH is 1. The minimum Gasteiger partial charge on any atom is -0.478 e. The van der Waals surface area contributed by atoms with Crippen molar-refractivity contribution in [3.63, 3.8) is 0 Å². The molecule has 1 saturated heterocycles. The van der Waals surface area contributed by atoms with Gasteiger partial charge in [-0.05, 0) is 13.3 Å². The monoisotopic (exact) mass is 216 g/mol. The van der Waals surface area contributed by atoms with Gasteiger partial charge in [0.1, 0.15) is 6.10 Å². The highest BCUT2D eigenvalue weighted by Crippen LogP contribution is 2.09. The molecule has 5 heteroatoms. The Morgan fingerprint density at radius 3 is 2.93 bits per heavy atom. The summed E-state index contributed by atoms with van der Waals surface area (Å²) in [6.07, 6.45) is 1.32. The molecular formula is C10H16O5. The normalized spacial score (nSPS) is 22.5. The lowest BCUT2D eigenvalue weighted by atomic mass is 10.2. The molecule has 1 aliphatic rings. The zero-order chi connectivity index (χ0) is 11.3. The molecule has 1 heterocycles. The van der Waals surface area contributed by atoms with E-state index in [0.29, 0.717) is 13.0 Å². The maximum Gasteiger partial charge on any atom is 0.330 e. The van der Waals surface area contributed by atoms with Gasteiger partial charge in [0.05, 0.1) is 25.9 Å². The first-order valence-electron chi connectivity index (χ1n) is 4.87. The van der Waals surface area contributed by atoms with E-state index in [0.717, 1.165) is 6.61 Å². The maximum atomic E-state index is 10.4. The van der Waals surface area contributed by atoms with Gasteiger partial charge < -0.3 is 19.7 Å². The topological polar surface area (TPSA) is 79.3 Å². The first kappa shape index (κ1) is 12.2. The van der Waals surface area contributed by atoms with Crippen molar-refractivity contribution in [3.05, 3.63) is 11.6 Å². The van der Waals surface area contributed by atoms with E-state index in [1.165, 1.54) is 13.0 Å². The van der Waals surface area contributed by atoms with Crippen LogP contribution in [-0.2, 0) is 14.3 Å². The van der Waals surface area contributed by atoms with Crippen LogP contribution in [0.4, 0.5) is 0 Å². The summed E-state index contributed by atoms with van der Waals surface area (Å²) in [5, 5.41) is 18.0. The molecule has 86 valence electrons. The van der Waals surface area contributed by atoms with Gasteiger partial charge in [-0.2, -0.15) is 0 Å². The van der Waals surface area contributed by atoms with Gasteiger partial charge in [0.2, 0.25) is 0 Å². The van der Waals surface area contributed by atoms with Crippen molar-refractivity contribution < 1.29 is 24.5 Å². The van der Waals surface area contributed by atoms with Crippen LogP contribution >= 0.6 is 0 Å². The van der Waals surface area contributed by atoms with Crippen LogP contribution in [0, 0.1) is 0 Å². The molecule has 0 aromatic heterocycles. The van der Waals surface area contributed by atoms with E-state index in [1.54, 1.807) is 0 Å². The minimum atomic E-state index is -0.963. The number of rotatable bonds is 7. The predicted molar refractivity (Wildman–Crippen MR) is 52.6 cm³/mol. The first-order valence-corrected chi connectivity index (χ1v) is 4.87. The van der Waals surface area contributed by atoms with Crippen molar-refractivity contribution in [1.82, 2.24) is 0 Å². The fraction of sp³-hybridized carbons (Fsp3) is 0.700. The molecule has 0 bridgehead atoms. The van der Waals surface area contributed by atoms with Gasteiger partial charge in [-0.3, -0.25) is 0 Å². The second-order valence-electron chi connectivity index (χ2n) is 3.57. The highest BCUT2D eigenvalue weighted by Gasteiger charge is 2.22. The molecule has 1 aliphatic heterocycles. The number of aliphatic carboxylic acids is 1. The van der Waals surface area contributed by atoms with Crippen molar-refractivity contribution in [3.8, 4) is 0 Å². The summed E-state index contributed by atoms with van der Waals surface area (Å²) in [6, 6.07) is 0. The Morgan fingerprint density at radius 2 is 2.40 bits per heavy atom. The Hall–Kier alpha value is -0.910. The molecule has 0 radical (unpaired) electrons. The molecule has 0 aliphatic carbocycles. The van der Waals surface area contributed by atoms with Crippen LogP contribution in [0.15, 0.2) is 11.6 Å². The average Bonchev–Trinajstić information content (AvgIpc) is 2.97. The fourth-order valence-corrected chi connectivity index (χ4v) is 0.968. The van der Waals surface area contributed by atoms with Crippen LogP contribution in [0.5, 0.6) is 0 Å². The summed E-state index contributed by atoms with van der Waals surface area (Å²) < 4.78 is 10.1. The molecule has 2 N–H and O–H groups in total. The molecular weight excluding hydrogens is 200 g/mol. The number of hydrogen-bond acceptors (Lipinski definition) is 4. The standard InChI is InChI=1S/C10H16O5/c1-7(10(12)13)2-3-8(11)4-14-5-9-6-15-9/h2,8-9,11H,3-6H2,1H3,(H,12,13). The summed E-state index contributed by atoms with van der Waals surface area (Å²) in [5.74, 6) is -0.963. The van der Waals surface area contributed by atoms with Gasteiger partial charge in [-0.1, -0.05) is 6.08 Å². The van der Waals surface area contributed by atoms with Gasteiger partial charge in [0.25, 0.3) is 0 Å². The fourth-order valence-electron chi connectivity index (χ4n) is 0.968. The number of epoxide rings is 1. The highest BCUT2D eigenvalue weighted by atomic mass is 16.6. The molecule has 2 atom stereocenters. The number of aliphatic hydroxyl groups is 1. The van der Waals surface area contributed by atoms with Gasteiger partial charge >= 0.3 is 5.97 Å². The number of ether oxygens (including phenoxy) is 2. The highest BCUT2D eigenvalue weighted by molar-refractivity contribution is 5.85. The molecule has 0 aromatic carbocycles. The lowest BCUT2D eigenvalue weighted by molar-refractivity contribution is -0.132. The second-order valence-corrected chi connectivity index (χ2v) is 3.57. The summed E-state index contributed by atoms with van der Waals surface area (Å²) in [4.78, 5) is 10.4. The Labute approximate surface area is 88.3 Å². The van der Waals surface area contributed by atoms with Gasteiger partial charge in [0, 0.05) is 5.57 Å². The molecule has 0 spiro atoms. The third-order valence-corrected chi connectivity index (χ3v) is 2.05. The van der Waals surface area contributed by atoms with E-state index in [1.807, 2.05) is 0 Å². The zero-order valence-electron chi connectivity index (χ0n) is 8.68. The second kappa shape index (κ2) is 5.85. The Bertz CT molecular complexity index is 244. The van der Waals surface area contributed by atoms with E-state index in [4.69, 9.17) is 14.6 Å².